The van der Waals surface area contributed by atoms with E-state index in [1.165, 1.54) is 0 Å². The molecule has 2 atom stereocenters. The van der Waals surface area contributed by atoms with Crippen LogP contribution in [0.4, 0.5) is 0 Å². The molecular weight excluding hydrogens is 343 g/mol. The molecule has 3 rings (SSSR count). The van der Waals surface area contributed by atoms with Crippen LogP contribution < -0.4 is 5.73 Å². The summed E-state index contributed by atoms with van der Waals surface area (Å²) in [6.45, 7) is 0. The molecule has 0 aliphatic carbocycles. The van der Waals surface area contributed by atoms with E-state index >= 15 is 0 Å². The van der Waals surface area contributed by atoms with Gasteiger partial charge >= 0.3 is 0 Å². The number of hydrogen-bond acceptors (Lipinski definition) is 3. The number of aliphatic hydroxyl groups excluding tert-OH is 1. The lowest BCUT2D eigenvalue weighted by atomic mass is 9.95. The van der Waals surface area contributed by atoms with Crippen LogP contribution in [0.25, 0.3) is 11.1 Å². The van der Waals surface area contributed by atoms with E-state index in [1.807, 2.05) is 36.4 Å². The molecule has 1 heterocycles. The van der Waals surface area contributed by atoms with Crippen molar-refractivity contribution in [2.24, 2.45) is 5.73 Å². The summed E-state index contributed by atoms with van der Waals surface area (Å²) in [5.41, 5.74) is 9.69. The second-order valence-corrected chi connectivity index (χ2v) is 6.32. The van der Waals surface area contributed by atoms with Gasteiger partial charge in [-0.2, -0.15) is 0 Å². The average Bonchev–Trinajstić information content (AvgIpc) is 2.63. The van der Waals surface area contributed by atoms with Crippen LogP contribution in [0.15, 0.2) is 67.0 Å². The van der Waals surface area contributed by atoms with Gasteiger partial charge in [-0.1, -0.05) is 59.6 Å². The van der Waals surface area contributed by atoms with Crippen LogP contribution in [0, 0.1) is 0 Å². The number of nitrogens with zero attached hydrogens (tertiary/aromatic N) is 1. The summed E-state index contributed by atoms with van der Waals surface area (Å²) < 4.78 is 0. The Bertz CT molecular complexity index is 823. The van der Waals surface area contributed by atoms with Crippen molar-refractivity contribution in [3.05, 3.63) is 88.2 Å². The van der Waals surface area contributed by atoms with Gasteiger partial charge in [0.05, 0.1) is 22.2 Å². The Morgan fingerprint density at radius 3 is 2.21 bits per heavy atom. The zero-order valence-corrected chi connectivity index (χ0v) is 14.2. The highest BCUT2D eigenvalue weighted by atomic mass is 35.5. The lowest BCUT2D eigenvalue weighted by Gasteiger charge is -2.20. The van der Waals surface area contributed by atoms with E-state index in [1.54, 1.807) is 30.6 Å². The first-order chi connectivity index (χ1) is 11.6. The fourth-order valence-electron chi connectivity index (χ4n) is 2.52. The van der Waals surface area contributed by atoms with E-state index in [2.05, 4.69) is 4.98 Å². The molecular formula is C19H16Cl2N2O. The van der Waals surface area contributed by atoms with Gasteiger partial charge in [-0.15, -0.1) is 0 Å². The van der Waals surface area contributed by atoms with Crippen LogP contribution in [0.2, 0.25) is 10.0 Å². The minimum absolute atomic E-state index is 0.420. The standard InChI is InChI=1S/C19H16Cl2N2O/c20-16-8-7-14(10-17(16)21)18(22)19(24)13-5-3-12(4-6-13)15-2-1-9-23-11-15/h1-11,18-19,24H,22H2/t18-,19+/m0/s1. The topological polar surface area (TPSA) is 59.1 Å². The number of halogens is 2. The highest BCUT2D eigenvalue weighted by Crippen LogP contribution is 2.31. The van der Waals surface area contributed by atoms with Crippen LogP contribution >= 0.6 is 23.2 Å². The SMILES string of the molecule is N[C@@H](c1ccc(Cl)c(Cl)c1)[C@H](O)c1ccc(-c2cccnc2)cc1. The van der Waals surface area contributed by atoms with E-state index in [0.717, 1.165) is 22.3 Å². The first kappa shape index (κ1) is 16.9. The van der Waals surface area contributed by atoms with Crippen LogP contribution in [0.3, 0.4) is 0 Å². The molecule has 0 bridgehead atoms. The first-order valence-corrected chi connectivity index (χ1v) is 8.21. The summed E-state index contributed by atoms with van der Waals surface area (Å²) in [4.78, 5) is 4.11. The molecule has 0 saturated heterocycles. The Hall–Kier alpha value is -1.91. The van der Waals surface area contributed by atoms with E-state index < -0.39 is 12.1 Å². The number of nitrogens with two attached hydrogens (primary N) is 1. The van der Waals surface area contributed by atoms with Crippen molar-refractivity contribution in [2.45, 2.75) is 12.1 Å². The molecule has 0 fully saturated rings. The van der Waals surface area contributed by atoms with Crippen LogP contribution in [0.5, 0.6) is 0 Å². The van der Waals surface area contributed by atoms with Gasteiger partial charge in [0.1, 0.15) is 0 Å². The highest BCUT2D eigenvalue weighted by molar-refractivity contribution is 6.42. The zero-order chi connectivity index (χ0) is 17.1. The summed E-state index contributed by atoms with van der Waals surface area (Å²) >= 11 is 11.9. The maximum absolute atomic E-state index is 10.6. The van der Waals surface area contributed by atoms with Gasteiger partial charge < -0.3 is 10.8 Å². The summed E-state index contributed by atoms with van der Waals surface area (Å²) in [6, 6.07) is 16.0. The van der Waals surface area contributed by atoms with Gasteiger partial charge in [-0.05, 0) is 40.5 Å². The maximum Gasteiger partial charge on any atom is 0.0982 e. The monoisotopic (exact) mass is 358 g/mol. The Morgan fingerprint density at radius 1 is 0.875 bits per heavy atom. The number of aromatic nitrogens is 1. The molecule has 24 heavy (non-hydrogen) atoms. The second-order valence-electron chi connectivity index (χ2n) is 5.51. The van der Waals surface area contributed by atoms with E-state index in [-0.39, 0.29) is 0 Å². The third kappa shape index (κ3) is 3.60. The van der Waals surface area contributed by atoms with Crippen molar-refractivity contribution in [1.82, 2.24) is 4.98 Å². The molecule has 0 aliphatic rings. The molecule has 0 unspecified atom stereocenters. The highest BCUT2D eigenvalue weighted by Gasteiger charge is 2.19. The van der Waals surface area contributed by atoms with Crippen LogP contribution in [-0.4, -0.2) is 10.1 Å². The van der Waals surface area contributed by atoms with Crippen LogP contribution in [-0.2, 0) is 0 Å². The Balaban J connectivity index is 1.81. The minimum atomic E-state index is -0.842. The summed E-state index contributed by atoms with van der Waals surface area (Å²) in [5.74, 6) is 0. The number of rotatable bonds is 4. The predicted molar refractivity (Wildman–Crippen MR) is 98.0 cm³/mol. The number of benzene rings is 2. The molecule has 3 aromatic rings. The van der Waals surface area contributed by atoms with Gasteiger partial charge in [0.2, 0.25) is 0 Å². The minimum Gasteiger partial charge on any atom is -0.386 e. The number of hydrogen-bond donors (Lipinski definition) is 2. The Kier molecular flexibility index (Phi) is 5.17. The molecule has 3 nitrogen and oxygen atoms in total. The largest absolute Gasteiger partial charge is 0.386 e. The zero-order valence-electron chi connectivity index (χ0n) is 12.7. The molecule has 0 aliphatic heterocycles. The average molecular weight is 359 g/mol. The summed E-state index contributed by atoms with van der Waals surface area (Å²) in [7, 11) is 0. The van der Waals surface area contributed by atoms with Gasteiger partial charge in [0.15, 0.2) is 0 Å². The van der Waals surface area contributed by atoms with E-state index in [4.69, 9.17) is 28.9 Å². The second kappa shape index (κ2) is 7.32. The summed E-state index contributed by atoms with van der Waals surface area (Å²) in [6.07, 6.45) is 2.69. The van der Waals surface area contributed by atoms with E-state index in [9.17, 15) is 5.11 Å². The molecule has 0 amide bonds. The van der Waals surface area contributed by atoms with Crippen molar-refractivity contribution in [3.8, 4) is 11.1 Å². The van der Waals surface area contributed by atoms with Gasteiger partial charge in [-0.3, -0.25) is 4.98 Å². The van der Waals surface area contributed by atoms with Gasteiger partial charge in [0, 0.05) is 12.4 Å². The molecule has 0 saturated carbocycles. The third-order valence-corrected chi connectivity index (χ3v) is 4.65. The summed E-state index contributed by atoms with van der Waals surface area (Å²) in [5, 5.41) is 11.4. The van der Waals surface area contributed by atoms with E-state index in [0.29, 0.717) is 10.0 Å². The molecule has 3 N–H and O–H groups in total. The fourth-order valence-corrected chi connectivity index (χ4v) is 2.82. The molecule has 0 radical (unpaired) electrons. The molecule has 5 heteroatoms. The maximum atomic E-state index is 10.6. The van der Waals surface area contributed by atoms with Gasteiger partial charge in [-0.25, -0.2) is 0 Å². The fraction of sp³-hybridized carbons (Fsp3) is 0.105. The lowest BCUT2D eigenvalue weighted by molar-refractivity contribution is 0.147. The smallest absolute Gasteiger partial charge is 0.0982 e. The molecule has 0 spiro atoms. The number of aliphatic hydroxyl groups is 1. The van der Waals surface area contributed by atoms with Crippen molar-refractivity contribution >= 4 is 23.2 Å². The van der Waals surface area contributed by atoms with Crippen molar-refractivity contribution < 1.29 is 5.11 Å². The van der Waals surface area contributed by atoms with Crippen molar-refractivity contribution in [1.29, 1.82) is 0 Å². The Morgan fingerprint density at radius 2 is 1.58 bits per heavy atom. The lowest BCUT2D eigenvalue weighted by Crippen LogP contribution is -2.19. The molecule has 2 aromatic carbocycles. The van der Waals surface area contributed by atoms with Crippen molar-refractivity contribution in [2.75, 3.05) is 0 Å². The number of pyridine rings is 1. The normalized spacial score (nSPS) is 13.5. The predicted octanol–water partition coefficient (Wildman–Crippen LogP) is 4.79. The molecule has 1 aromatic heterocycles. The Labute approximate surface area is 150 Å². The van der Waals surface area contributed by atoms with Crippen molar-refractivity contribution in [3.63, 3.8) is 0 Å². The van der Waals surface area contributed by atoms with Crippen LogP contribution in [0.1, 0.15) is 23.3 Å². The quantitative estimate of drug-likeness (QED) is 0.704. The van der Waals surface area contributed by atoms with Gasteiger partial charge in [0.25, 0.3) is 0 Å². The third-order valence-electron chi connectivity index (χ3n) is 3.92. The first-order valence-electron chi connectivity index (χ1n) is 7.45. The molecule has 122 valence electrons.